The smallest absolute Gasteiger partial charge is 0.228 e. The molecule has 4 heteroatoms. The number of pyridine rings is 1. The van der Waals surface area contributed by atoms with Crippen LogP contribution in [-0.2, 0) is 11.3 Å². The van der Waals surface area contributed by atoms with Gasteiger partial charge in [-0.05, 0) is 30.5 Å². The van der Waals surface area contributed by atoms with Crippen molar-refractivity contribution in [1.82, 2.24) is 4.98 Å². The molecule has 23 heavy (non-hydrogen) atoms. The molecular weight excluding hydrogens is 286 g/mol. The van der Waals surface area contributed by atoms with Crippen LogP contribution in [0, 0.1) is 5.92 Å². The molecule has 0 unspecified atom stereocenters. The fraction of sp³-hybridized carbons (Fsp3) is 0.368. The summed E-state index contributed by atoms with van der Waals surface area (Å²) in [4.78, 5) is 18.6. The fourth-order valence-corrected chi connectivity index (χ4v) is 2.52. The van der Waals surface area contributed by atoms with E-state index in [1.165, 1.54) is 5.56 Å². The zero-order chi connectivity index (χ0) is 16.7. The van der Waals surface area contributed by atoms with Gasteiger partial charge in [0.05, 0.1) is 11.9 Å². The second kappa shape index (κ2) is 8.32. The summed E-state index contributed by atoms with van der Waals surface area (Å²) in [5.41, 5.74) is 2.27. The normalized spacial score (nSPS) is 10.6. The van der Waals surface area contributed by atoms with Gasteiger partial charge >= 0.3 is 0 Å². The van der Waals surface area contributed by atoms with Gasteiger partial charge in [0.25, 0.3) is 0 Å². The molecule has 1 heterocycles. The van der Waals surface area contributed by atoms with Gasteiger partial charge in [-0.2, -0.15) is 0 Å². The van der Waals surface area contributed by atoms with Gasteiger partial charge in [0.15, 0.2) is 0 Å². The van der Waals surface area contributed by atoms with Gasteiger partial charge in [-0.1, -0.05) is 44.2 Å². The van der Waals surface area contributed by atoms with Crippen LogP contribution in [0.5, 0.6) is 0 Å². The molecule has 0 saturated carbocycles. The number of aromatic nitrogens is 1. The van der Waals surface area contributed by atoms with Crippen molar-refractivity contribution < 1.29 is 4.79 Å². The summed E-state index contributed by atoms with van der Waals surface area (Å²) < 4.78 is 0. The van der Waals surface area contributed by atoms with Crippen LogP contribution in [0.1, 0.15) is 32.3 Å². The van der Waals surface area contributed by atoms with Crippen LogP contribution in [0.2, 0.25) is 0 Å². The van der Waals surface area contributed by atoms with E-state index in [-0.39, 0.29) is 11.8 Å². The molecule has 2 rings (SSSR count). The summed E-state index contributed by atoms with van der Waals surface area (Å²) in [6, 6.07) is 14.1. The minimum absolute atomic E-state index is 0.0490. The molecule has 122 valence electrons. The summed E-state index contributed by atoms with van der Waals surface area (Å²) in [6.45, 7) is 4.88. The summed E-state index contributed by atoms with van der Waals surface area (Å²) in [6.07, 6.45) is 3.49. The lowest BCUT2D eigenvalue weighted by atomic mass is 10.0. The van der Waals surface area contributed by atoms with E-state index in [9.17, 15) is 4.79 Å². The second-order valence-corrected chi connectivity index (χ2v) is 5.75. The van der Waals surface area contributed by atoms with E-state index < -0.39 is 0 Å². The van der Waals surface area contributed by atoms with Crippen LogP contribution in [-0.4, -0.2) is 17.9 Å². The van der Waals surface area contributed by atoms with E-state index in [1.807, 2.05) is 51.2 Å². The average Bonchev–Trinajstić information content (AvgIpc) is 2.57. The molecule has 2 aromatic rings. The molecule has 0 bridgehead atoms. The number of carbonyl (C=O) groups excluding carboxylic acids is 1. The van der Waals surface area contributed by atoms with Gasteiger partial charge in [-0.3, -0.25) is 4.79 Å². The average molecular weight is 311 g/mol. The fourth-order valence-electron chi connectivity index (χ4n) is 2.52. The van der Waals surface area contributed by atoms with Gasteiger partial charge in [0, 0.05) is 19.5 Å². The standard InChI is InChI=1S/C19H25N3O/c1-4-16(5-2)19(23)21-18-12-11-17(13-20-18)22(3)14-15-9-7-6-8-10-15/h6-13,16H,4-5,14H2,1-3H3,(H,20,21,23). The molecule has 1 aromatic carbocycles. The molecule has 1 amide bonds. The van der Waals surface area contributed by atoms with Crippen molar-refractivity contribution in [3.05, 3.63) is 54.2 Å². The van der Waals surface area contributed by atoms with Crippen LogP contribution >= 0.6 is 0 Å². The largest absolute Gasteiger partial charge is 0.369 e. The Morgan fingerprint density at radius 1 is 1.13 bits per heavy atom. The Morgan fingerprint density at radius 2 is 1.83 bits per heavy atom. The molecule has 1 aromatic heterocycles. The van der Waals surface area contributed by atoms with E-state index in [0.29, 0.717) is 5.82 Å². The molecule has 0 radical (unpaired) electrons. The van der Waals surface area contributed by atoms with Crippen LogP contribution in [0.15, 0.2) is 48.7 Å². The quantitative estimate of drug-likeness (QED) is 0.837. The monoisotopic (exact) mass is 311 g/mol. The van der Waals surface area contributed by atoms with Crippen molar-refractivity contribution in [1.29, 1.82) is 0 Å². The predicted molar refractivity (Wildman–Crippen MR) is 95.5 cm³/mol. The minimum Gasteiger partial charge on any atom is -0.369 e. The number of hydrogen-bond acceptors (Lipinski definition) is 3. The van der Waals surface area contributed by atoms with Crippen molar-refractivity contribution in [2.45, 2.75) is 33.2 Å². The third-order valence-corrected chi connectivity index (χ3v) is 4.06. The Labute approximate surface area is 138 Å². The summed E-state index contributed by atoms with van der Waals surface area (Å²) in [5, 5.41) is 2.89. The Balaban J connectivity index is 1.97. The first-order valence-corrected chi connectivity index (χ1v) is 8.16. The summed E-state index contributed by atoms with van der Waals surface area (Å²) in [5.74, 6) is 0.712. The highest BCUT2D eigenvalue weighted by atomic mass is 16.1. The van der Waals surface area contributed by atoms with E-state index in [4.69, 9.17) is 0 Å². The number of benzene rings is 1. The van der Waals surface area contributed by atoms with E-state index in [1.54, 1.807) is 6.20 Å². The molecule has 0 saturated heterocycles. The molecule has 0 aliphatic carbocycles. The summed E-state index contributed by atoms with van der Waals surface area (Å²) >= 11 is 0. The number of nitrogens with zero attached hydrogens (tertiary/aromatic N) is 2. The highest BCUT2D eigenvalue weighted by Gasteiger charge is 2.14. The number of rotatable bonds is 7. The van der Waals surface area contributed by atoms with Gasteiger partial charge in [0.1, 0.15) is 5.82 Å². The molecular formula is C19H25N3O. The van der Waals surface area contributed by atoms with Gasteiger partial charge < -0.3 is 10.2 Å². The lowest BCUT2D eigenvalue weighted by molar-refractivity contribution is -0.120. The first kappa shape index (κ1) is 17.0. The molecule has 0 atom stereocenters. The second-order valence-electron chi connectivity index (χ2n) is 5.75. The van der Waals surface area contributed by atoms with Crippen molar-refractivity contribution in [2.75, 3.05) is 17.3 Å². The maximum absolute atomic E-state index is 12.1. The molecule has 0 aliphatic rings. The Morgan fingerprint density at radius 3 is 2.39 bits per heavy atom. The molecule has 0 fully saturated rings. The van der Waals surface area contributed by atoms with Gasteiger partial charge in [-0.25, -0.2) is 4.98 Å². The SMILES string of the molecule is CCC(CC)C(=O)Nc1ccc(N(C)Cc2ccccc2)cn1. The van der Waals surface area contributed by atoms with Crippen LogP contribution in [0.25, 0.3) is 0 Å². The number of anilines is 2. The van der Waals surface area contributed by atoms with E-state index >= 15 is 0 Å². The van der Waals surface area contributed by atoms with Crippen LogP contribution < -0.4 is 10.2 Å². The van der Waals surface area contributed by atoms with Crippen LogP contribution in [0.4, 0.5) is 11.5 Å². The maximum Gasteiger partial charge on any atom is 0.228 e. The minimum atomic E-state index is 0.0490. The first-order valence-electron chi connectivity index (χ1n) is 8.16. The number of amides is 1. The molecule has 0 spiro atoms. The lowest BCUT2D eigenvalue weighted by Gasteiger charge is -2.19. The maximum atomic E-state index is 12.1. The van der Waals surface area contributed by atoms with E-state index in [0.717, 1.165) is 25.1 Å². The topological polar surface area (TPSA) is 45.2 Å². The van der Waals surface area contributed by atoms with Crippen molar-refractivity contribution in [3.63, 3.8) is 0 Å². The number of hydrogen-bond donors (Lipinski definition) is 1. The highest BCUT2D eigenvalue weighted by molar-refractivity contribution is 5.91. The Bertz CT molecular complexity index is 606. The Hall–Kier alpha value is -2.36. The van der Waals surface area contributed by atoms with Crippen molar-refractivity contribution >= 4 is 17.4 Å². The predicted octanol–water partition coefficient (Wildman–Crippen LogP) is 4.09. The molecule has 0 aliphatic heterocycles. The summed E-state index contributed by atoms with van der Waals surface area (Å²) in [7, 11) is 2.03. The highest BCUT2D eigenvalue weighted by Crippen LogP contribution is 2.17. The van der Waals surface area contributed by atoms with Gasteiger partial charge in [0.2, 0.25) is 5.91 Å². The van der Waals surface area contributed by atoms with Crippen LogP contribution in [0.3, 0.4) is 0 Å². The van der Waals surface area contributed by atoms with E-state index in [2.05, 4.69) is 27.3 Å². The Kier molecular flexibility index (Phi) is 6.15. The zero-order valence-electron chi connectivity index (χ0n) is 14.1. The lowest BCUT2D eigenvalue weighted by Crippen LogP contribution is -2.22. The van der Waals surface area contributed by atoms with Crippen molar-refractivity contribution in [2.24, 2.45) is 5.92 Å². The number of nitrogens with one attached hydrogen (secondary N) is 1. The number of carbonyl (C=O) groups is 1. The molecule has 1 N–H and O–H groups in total. The molecule has 4 nitrogen and oxygen atoms in total. The van der Waals surface area contributed by atoms with Crippen molar-refractivity contribution in [3.8, 4) is 0 Å². The van der Waals surface area contributed by atoms with Gasteiger partial charge in [-0.15, -0.1) is 0 Å². The third kappa shape index (κ3) is 4.81. The first-order chi connectivity index (χ1) is 11.1. The zero-order valence-corrected chi connectivity index (χ0v) is 14.1. The third-order valence-electron chi connectivity index (χ3n) is 4.06.